The number of H-pyrrole nitrogens is 1. The van der Waals surface area contributed by atoms with Gasteiger partial charge in [0, 0.05) is 49.8 Å². The highest BCUT2D eigenvalue weighted by molar-refractivity contribution is 5.84. The number of amides is 1. The lowest BCUT2D eigenvalue weighted by Gasteiger charge is -2.24. The maximum absolute atomic E-state index is 12.1. The maximum Gasteiger partial charge on any atom is 0.221 e. The number of likely N-dealkylation sites (tertiary alicyclic amines) is 1. The highest BCUT2D eigenvalue weighted by atomic mass is 16.5. The molecule has 1 saturated heterocycles. The first-order valence-electron chi connectivity index (χ1n) is 12.4. The fourth-order valence-electron chi connectivity index (χ4n) is 5.51. The van der Waals surface area contributed by atoms with Crippen molar-refractivity contribution in [3.63, 3.8) is 0 Å². The van der Waals surface area contributed by atoms with Gasteiger partial charge in [0.15, 0.2) is 0 Å². The second kappa shape index (κ2) is 10.8. The van der Waals surface area contributed by atoms with Crippen molar-refractivity contribution in [2.24, 2.45) is 0 Å². The zero-order chi connectivity index (χ0) is 22.4. The molecule has 1 aromatic heterocycles. The van der Waals surface area contributed by atoms with Gasteiger partial charge in [0.25, 0.3) is 0 Å². The Labute approximate surface area is 191 Å². The van der Waals surface area contributed by atoms with E-state index in [4.69, 9.17) is 4.74 Å². The van der Waals surface area contributed by atoms with Crippen molar-refractivity contribution in [1.82, 2.24) is 15.2 Å². The molecule has 3 N–H and O–H groups in total. The number of methoxy groups -OCH3 is 1. The van der Waals surface area contributed by atoms with Crippen molar-refractivity contribution in [2.75, 3.05) is 33.4 Å². The largest absolute Gasteiger partial charge is 0.390 e. The zero-order valence-corrected chi connectivity index (χ0v) is 19.5. The Kier molecular flexibility index (Phi) is 7.87. The normalized spacial score (nSPS) is 20.9. The molecule has 1 aliphatic heterocycles. The number of aryl methyl sites for hydroxylation is 1. The Hall–Kier alpha value is -1.89. The number of aromatic amines is 1. The molecule has 2 aliphatic rings. The Balaban J connectivity index is 1.35. The van der Waals surface area contributed by atoms with Crippen LogP contribution in [-0.4, -0.2) is 65.9 Å². The summed E-state index contributed by atoms with van der Waals surface area (Å²) in [5, 5.41) is 14.9. The Morgan fingerprint density at radius 3 is 2.97 bits per heavy atom. The van der Waals surface area contributed by atoms with Crippen molar-refractivity contribution < 1.29 is 14.6 Å². The van der Waals surface area contributed by atoms with Gasteiger partial charge < -0.3 is 20.1 Å². The molecule has 0 spiro atoms. The van der Waals surface area contributed by atoms with Crippen molar-refractivity contribution in [3.8, 4) is 0 Å². The molecule has 1 atom stereocenters. The molecule has 1 aliphatic carbocycles. The van der Waals surface area contributed by atoms with Crippen molar-refractivity contribution >= 4 is 16.8 Å². The third kappa shape index (κ3) is 5.91. The molecule has 2 fully saturated rings. The summed E-state index contributed by atoms with van der Waals surface area (Å²) in [5.74, 6) is 0.105. The molecular weight excluding hydrogens is 402 g/mol. The number of aromatic nitrogens is 1. The first kappa shape index (κ1) is 23.3. The average Bonchev–Trinajstić information content (AvgIpc) is 3.52. The third-order valence-corrected chi connectivity index (χ3v) is 7.45. The molecule has 1 aromatic carbocycles. The van der Waals surface area contributed by atoms with Gasteiger partial charge in [0.05, 0.1) is 12.2 Å². The molecule has 1 saturated carbocycles. The van der Waals surface area contributed by atoms with Crippen molar-refractivity contribution in [3.05, 3.63) is 35.5 Å². The number of aliphatic hydroxyl groups is 1. The number of ether oxygens (including phenoxy) is 1. The van der Waals surface area contributed by atoms with Crippen LogP contribution in [0.15, 0.2) is 24.4 Å². The number of rotatable bonds is 11. The van der Waals surface area contributed by atoms with Crippen LogP contribution in [0.4, 0.5) is 0 Å². The summed E-state index contributed by atoms with van der Waals surface area (Å²) in [6.45, 7) is 3.02. The van der Waals surface area contributed by atoms with Crippen LogP contribution in [-0.2, 0) is 22.4 Å². The molecule has 2 aromatic rings. The van der Waals surface area contributed by atoms with E-state index in [1.54, 1.807) is 7.11 Å². The number of carbonyl (C=O) groups excluding carboxylic acids is 1. The summed E-state index contributed by atoms with van der Waals surface area (Å²) in [7, 11) is 1.65. The van der Waals surface area contributed by atoms with Crippen LogP contribution in [0.5, 0.6) is 0 Å². The molecule has 4 rings (SSSR count). The van der Waals surface area contributed by atoms with Gasteiger partial charge >= 0.3 is 0 Å². The standard InChI is InChI=1S/C26H39N3O3/c1-32-16-13-27-25(30)9-15-29-14-4-5-22(29)18-21-19-28-24-7-6-20(17-23(21)24)8-12-26(31)10-2-3-11-26/h6-7,17,19,22,28,31H,2-5,8-16,18H2,1H3,(H,27,30)/t22-/m1/s1. The molecule has 0 radical (unpaired) electrons. The second-order valence-corrected chi connectivity index (χ2v) is 9.75. The predicted molar refractivity (Wildman–Crippen MR) is 128 cm³/mol. The SMILES string of the molecule is COCCNC(=O)CCN1CCC[C@@H]1Cc1c[nH]c2ccc(CCC3(O)CCCC3)cc12. The topological polar surface area (TPSA) is 77.6 Å². The minimum atomic E-state index is -0.448. The molecule has 32 heavy (non-hydrogen) atoms. The molecule has 176 valence electrons. The van der Waals surface area contributed by atoms with Crippen LogP contribution in [0.3, 0.4) is 0 Å². The number of fused-ring (bicyclic) bond motifs is 1. The number of nitrogens with one attached hydrogen (secondary N) is 2. The van der Waals surface area contributed by atoms with Gasteiger partial charge in [-0.05, 0) is 74.8 Å². The summed E-state index contributed by atoms with van der Waals surface area (Å²) < 4.78 is 4.99. The zero-order valence-electron chi connectivity index (χ0n) is 19.5. The van der Waals surface area contributed by atoms with E-state index in [0.29, 0.717) is 25.6 Å². The Morgan fingerprint density at radius 1 is 1.31 bits per heavy atom. The van der Waals surface area contributed by atoms with Gasteiger partial charge in [-0.1, -0.05) is 18.9 Å². The van der Waals surface area contributed by atoms with Crippen LogP contribution in [0.1, 0.15) is 62.5 Å². The maximum atomic E-state index is 12.1. The monoisotopic (exact) mass is 441 g/mol. The smallest absolute Gasteiger partial charge is 0.221 e. The molecule has 6 heteroatoms. The van der Waals surface area contributed by atoms with Crippen LogP contribution in [0.25, 0.3) is 10.9 Å². The first-order chi connectivity index (χ1) is 15.6. The van der Waals surface area contributed by atoms with E-state index >= 15 is 0 Å². The molecule has 6 nitrogen and oxygen atoms in total. The summed E-state index contributed by atoms with van der Waals surface area (Å²) in [4.78, 5) is 18.0. The van der Waals surface area contributed by atoms with Crippen molar-refractivity contribution in [1.29, 1.82) is 0 Å². The fraction of sp³-hybridized carbons (Fsp3) is 0.654. The first-order valence-corrected chi connectivity index (χ1v) is 12.4. The van der Waals surface area contributed by atoms with Crippen LogP contribution >= 0.6 is 0 Å². The van der Waals surface area contributed by atoms with E-state index < -0.39 is 5.60 Å². The quantitative estimate of drug-likeness (QED) is 0.466. The van der Waals surface area contributed by atoms with Crippen LogP contribution < -0.4 is 5.32 Å². The summed E-state index contributed by atoms with van der Waals surface area (Å²) >= 11 is 0. The fourth-order valence-corrected chi connectivity index (χ4v) is 5.51. The molecule has 0 unspecified atom stereocenters. The summed E-state index contributed by atoms with van der Waals surface area (Å²) in [6, 6.07) is 7.19. The highest BCUT2D eigenvalue weighted by Crippen LogP contribution is 2.34. The van der Waals surface area contributed by atoms with Crippen molar-refractivity contribution in [2.45, 2.75) is 75.9 Å². The van der Waals surface area contributed by atoms with Gasteiger partial charge in [0.1, 0.15) is 0 Å². The third-order valence-electron chi connectivity index (χ3n) is 7.45. The minimum absolute atomic E-state index is 0.105. The summed E-state index contributed by atoms with van der Waals surface area (Å²) in [5.41, 5.74) is 3.42. The van der Waals surface area contributed by atoms with E-state index in [1.807, 2.05) is 0 Å². The molecule has 1 amide bonds. The van der Waals surface area contributed by atoms with Crippen LogP contribution in [0, 0.1) is 0 Å². The van der Waals surface area contributed by atoms with Gasteiger partial charge in [-0.3, -0.25) is 9.69 Å². The highest BCUT2D eigenvalue weighted by Gasteiger charge is 2.30. The number of hydrogen-bond acceptors (Lipinski definition) is 4. The lowest BCUT2D eigenvalue weighted by atomic mass is 9.92. The molecular formula is C26H39N3O3. The van der Waals surface area contributed by atoms with E-state index in [0.717, 1.165) is 58.0 Å². The second-order valence-electron chi connectivity index (χ2n) is 9.75. The van der Waals surface area contributed by atoms with Gasteiger partial charge in [0.2, 0.25) is 5.91 Å². The Bertz CT molecular complexity index is 888. The minimum Gasteiger partial charge on any atom is -0.390 e. The van der Waals surface area contributed by atoms with Gasteiger partial charge in [-0.25, -0.2) is 0 Å². The summed E-state index contributed by atoms with van der Waals surface area (Å²) in [6.07, 6.45) is 12.1. The van der Waals surface area contributed by atoms with Gasteiger partial charge in [-0.2, -0.15) is 0 Å². The lowest BCUT2D eigenvalue weighted by Crippen LogP contribution is -2.35. The number of nitrogens with zero attached hydrogens (tertiary/aromatic N) is 1. The van der Waals surface area contributed by atoms with E-state index in [2.05, 4.69) is 39.6 Å². The number of benzene rings is 1. The van der Waals surface area contributed by atoms with E-state index in [-0.39, 0.29) is 5.91 Å². The van der Waals surface area contributed by atoms with E-state index in [1.165, 1.54) is 34.9 Å². The predicted octanol–water partition coefficient (Wildman–Crippen LogP) is 3.57. The Morgan fingerprint density at radius 2 is 2.16 bits per heavy atom. The molecule has 0 bridgehead atoms. The average molecular weight is 442 g/mol. The number of carbonyl (C=O) groups is 1. The molecule has 2 heterocycles. The van der Waals surface area contributed by atoms with Gasteiger partial charge in [-0.15, -0.1) is 0 Å². The lowest BCUT2D eigenvalue weighted by molar-refractivity contribution is -0.121. The number of hydrogen-bond donors (Lipinski definition) is 3. The van der Waals surface area contributed by atoms with E-state index in [9.17, 15) is 9.90 Å². The van der Waals surface area contributed by atoms with Crippen LogP contribution in [0.2, 0.25) is 0 Å².